The Balaban J connectivity index is 2.79. The Morgan fingerprint density at radius 2 is 1.82 bits per heavy atom. The highest BCUT2D eigenvalue weighted by molar-refractivity contribution is 5.30. The molecule has 1 aromatic carbocycles. The van der Waals surface area contributed by atoms with Gasteiger partial charge in [0.1, 0.15) is 5.75 Å². The monoisotopic (exact) mass is 235 g/mol. The predicted molar refractivity (Wildman–Crippen MR) is 73.7 cm³/mol. The van der Waals surface area contributed by atoms with E-state index >= 15 is 0 Å². The quantitative estimate of drug-likeness (QED) is 0.781. The minimum atomic E-state index is 0.589. The molecule has 17 heavy (non-hydrogen) atoms. The van der Waals surface area contributed by atoms with Gasteiger partial charge in [-0.15, -0.1) is 0 Å². The Kier molecular flexibility index (Phi) is 6.06. The molecule has 1 N–H and O–H groups in total. The lowest BCUT2D eigenvalue weighted by molar-refractivity contribution is 0.410. The van der Waals surface area contributed by atoms with E-state index in [1.807, 2.05) is 0 Å². The number of nitrogens with one attached hydrogen (secondary N) is 1. The zero-order valence-electron chi connectivity index (χ0n) is 11.5. The van der Waals surface area contributed by atoms with Crippen molar-refractivity contribution in [3.63, 3.8) is 0 Å². The second-order valence-corrected chi connectivity index (χ2v) is 4.57. The lowest BCUT2D eigenvalue weighted by Gasteiger charge is -2.24. The summed E-state index contributed by atoms with van der Waals surface area (Å²) in [4.78, 5) is 0. The van der Waals surface area contributed by atoms with Crippen LogP contribution in [0.1, 0.15) is 38.7 Å². The molecule has 2 heteroatoms. The van der Waals surface area contributed by atoms with Crippen LogP contribution in [-0.2, 0) is 0 Å². The van der Waals surface area contributed by atoms with Gasteiger partial charge in [-0.3, -0.25) is 0 Å². The fourth-order valence-corrected chi connectivity index (χ4v) is 2.08. The summed E-state index contributed by atoms with van der Waals surface area (Å²) < 4.78 is 5.20. The van der Waals surface area contributed by atoms with Gasteiger partial charge in [-0.25, -0.2) is 0 Å². The number of benzene rings is 1. The molecule has 0 aliphatic rings. The van der Waals surface area contributed by atoms with Crippen LogP contribution in [0.25, 0.3) is 0 Å². The molecule has 1 aromatic rings. The van der Waals surface area contributed by atoms with E-state index in [1.54, 1.807) is 7.11 Å². The van der Waals surface area contributed by atoms with Crippen molar-refractivity contribution in [3.8, 4) is 5.75 Å². The van der Waals surface area contributed by atoms with E-state index in [0.717, 1.165) is 18.8 Å². The van der Waals surface area contributed by atoms with Gasteiger partial charge in [0.15, 0.2) is 0 Å². The van der Waals surface area contributed by atoms with Gasteiger partial charge in [-0.05, 0) is 36.1 Å². The van der Waals surface area contributed by atoms with Gasteiger partial charge < -0.3 is 10.1 Å². The second-order valence-electron chi connectivity index (χ2n) is 4.57. The molecule has 96 valence electrons. The second kappa shape index (κ2) is 7.33. The highest BCUT2D eigenvalue weighted by Gasteiger charge is 2.17. The van der Waals surface area contributed by atoms with Gasteiger partial charge >= 0.3 is 0 Å². The van der Waals surface area contributed by atoms with Crippen LogP contribution >= 0.6 is 0 Å². The Hall–Kier alpha value is -1.02. The molecule has 0 saturated carbocycles. The van der Waals surface area contributed by atoms with Crippen molar-refractivity contribution in [2.75, 3.05) is 20.2 Å². The van der Waals surface area contributed by atoms with Gasteiger partial charge in [-0.2, -0.15) is 0 Å². The maximum absolute atomic E-state index is 5.20. The average molecular weight is 235 g/mol. The number of ether oxygens (including phenoxy) is 1. The smallest absolute Gasteiger partial charge is 0.118 e. The molecule has 2 unspecified atom stereocenters. The van der Waals surface area contributed by atoms with Gasteiger partial charge in [0.05, 0.1) is 7.11 Å². The number of hydrogen-bond acceptors (Lipinski definition) is 2. The summed E-state index contributed by atoms with van der Waals surface area (Å²) in [5.74, 6) is 2.22. The minimum Gasteiger partial charge on any atom is -0.497 e. The van der Waals surface area contributed by atoms with Crippen LogP contribution in [0.2, 0.25) is 0 Å². The summed E-state index contributed by atoms with van der Waals surface area (Å²) >= 11 is 0. The Morgan fingerprint density at radius 3 is 2.29 bits per heavy atom. The molecule has 1 rings (SSSR count). The van der Waals surface area contributed by atoms with Crippen LogP contribution in [-0.4, -0.2) is 20.2 Å². The molecule has 0 heterocycles. The van der Waals surface area contributed by atoms with Crippen molar-refractivity contribution in [2.45, 2.75) is 33.1 Å². The molecular formula is C15H25NO. The highest BCUT2D eigenvalue weighted by Crippen LogP contribution is 2.27. The van der Waals surface area contributed by atoms with E-state index in [9.17, 15) is 0 Å². The third kappa shape index (κ3) is 4.04. The third-order valence-corrected chi connectivity index (χ3v) is 3.49. The summed E-state index contributed by atoms with van der Waals surface area (Å²) in [7, 11) is 1.71. The zero-order valence-corrected chi connectivity index (χ0v) is 11.5. The zero-order chi connectivity index (χ0) is 12.7. The van der Waals surface area contributed by atoms with E-state index in [2.05, 4.69) is 50.4 Å². The van der Waals surface area contributed by atoms with Crippen LogP contribution in [0.4, 0.5) is 0 Å². The van der Waals surface area contributed by atoms with Crippen molar-refractivity contribution in [3.05, 3.63) is 29.8 Å². The molecule has 2 atom stereocenters. The average Bonchev–Trinajstić information content (AvgIpc) is 2.39. The first-order valence-electron chi connectivity index (χ1n) is 6.57. The van der Waals surface area contributed by atoms with E-state index < -0.39 is 0 Å². The maximum Gasteiger partial charge on any atom is 0.118 e. The summed E-state index contributed by atoms with van der Waals surface area (Å²) in [6.45, 7) is 8.82. The number of rotatable bonds is 7. The van der Waals surface area contributed by atoms with E-state index in [0.29, 0.717) is 11.8 Å². The SMILES string of the molecule is CCNCC(c1ccc(OC)cc1)C(C)CC. The van der Waals surface area contributed by atoms with E-state index in [-0.39, 0.29) is 0 Å². The van der Waals surface area contributed by atoms with E-state index in [4.69, 9.17) is 4.74 Å². The third-order valence-electron chi connectivity index (χ3n) is 3.49. The van der Waals surface area contributed by atoms with Crippen LogP contribution in [0.15, 0.2) is 24.3 Å². The maximum atomic E-state index is 5.20. The Morgan fingerprint density at radius 1 is 1.18 bits per heavy atom. The molecule has 0 saturated heterocycles. The summed E-state index contributed by atoms with van der Waals surface area (Å²) in [5.41, 5.74) is 1.40. The van der Waals surface area contributed by atoms with Crippen LogP contribution in [0.5, 0.6) is 5.75 Å². The number of methoxy groups -OCH3 is 1. The standard InChI is InChI=1S/C15H25NO/c1-5-12(3)15(11-16-6-2)13-7-9-14(17-4)10-8-13/h7-10,12,15-16H,5-6,11H2,1-4H3. The highest BCUT2D eigenvalue weighted by atomic mass is 16.5. The molecule has 0 spiro atoms. The van der Waals surface area contributed by atoms with E-state index in [1.165, 1.54) is 12.0 Å². The van der Waals surface area contributed by atoms with Gasteiger partial charge in [0.2, 0.25) is 0 Å². The Bertz CT molecular complexity index is 307. The first-order valence-corrected chi connectivity index (χ1v) is 6.57. The normalized spacial score (nSPS) is 14.4. The fourth-order valence-electron chi connectivity index (χ4n) is 2.08. The van der Waals surface area contributed by atoms with Gasteiger partial charge in [0, 0.05) is 6.54 Å². The molecule has 0 amide bonds. The molecule has 0 radical (unpaired) electrons. The molecule has 2 nitrogen and oxygen atoms in total. The topological polar surface area (TPSA) is 21.3 Å². The first kappa shape index (κ1) is 14.0. The fraction of sp³-hybridized carbons (Fsp3) is 0.600. The first-order chi connectivity index (χ1) is 8.22. The summed E-state index contributed by atoms with van der Waals surface area (Å²) in [6.07, 6.45) is 1.21. The van der Waals surface area contributed by atoms with Crippen LogP contribution in [0.3, 0.4) is 0 Å². The molecule has 0 aliphatic heterocycles. The number of hydrogen-bond donors (Lipinski definition) is 1. The summed E-state index contributed by atoms with van der Waals surface area (Å²) in [6, 6.07) is 8.48. The van der Waals surface area contributed by atoms with Crippen LogP contribution < -0.4 is 10.1 Å². The molecule has 0 fully saturated rings. The Labute approximate surface area is 105 Å². The largest absolute Gasteiger partial charge is 0.497 e. The van der Waals surface area contributed by atoms with Gasteiger partial charge in [-0.1, -0.05) is 39.3 Å². The van der Waals surface area contributed by atoms with Crippen molar-refractivity contribution in [1.82, 2.24) is 5.32 Å². The lowest BCUT2D eigenvalue weighted by Crippen LogP contribution is -2.25. The van der Waals surface area contributed by atoms with Crippen molar-refractivity contribution in [1.29, 1.82) is 0 Å². The van der Waals surface area contributed by atoms with Crippen LogP contribution in [0, 0.1) is 5.92 Å². The van der Waals surface area contributed by atoms with Crippen molar-refractivity contribution in [2.24, 2.45) is 5.92 Å². The summed E-state index contributed by atoms with van der Waals surface area (Å²) in [5, 5.41) is 3.46. The molecule has 0 bridgehead atoms. The molecule has 0 aliphatic carbocycles. The minimum absolute atomic E-state index is 0.589. The lowest BCUT2D eigenvalue weighted by atomic mass is 9.85. The van der Waals surface area contributed by atoms with Crippen molar-refractivity contribution >= 4 is 0 Å². The predicted octanol–water partition coefficient (Wildman–Crippen LogP) is 3.43. The van der Waals surface area contributed by atoms with Gasteiger partial charge in [0.25, 0.3) is 0 Å². The molecule has 0 aromatic heterocycles. The molecular weight excluding hydrogens is 210 g/mol. The number of likely N-dealkylation sites (N-methyl/N-ethyl adjacent to an activating group) is 1. The van der Waals surface area contributed by atoms with Crippen molar-refractivity contribution < 1.29 is 4.74 Å².